The zero-order valence-electron chi connectivity index (χ0n) is 26.7. The van der Waals surface area contributed by atoms with Crippen molar-refractivity contribution in [3.63, 3.8) is 0 Å². The van der Waals surface area contributed by atoms with Crippen LogP contribution >= 0.6 is 0 Å². The molecule has 0 unspecified atom stereocenters. The molecule has 0 bridgehead atoms. The average Bonchev–Trinajstić information content (AvgIpc) is 3.39. The lowest BCUT2D eigenvalue weighted by Crippen LogP contribution is -2.43. The van der Waals surface area contributed by atoms with E-state index < -0.39 is 42.3 Å². The van der Waals surface area contributed by atoms with E-state index in [2.05, 4.69) is 20.9 Å². The minimum Gasteiger partial charge on any atom is -0.461 e. The number of fused-ring (bicyclic) bond motifs is 4. The topological polar surface area (TPSA) is 89.6 Å². The van der Waals surface area contributed by atoms with E-state index in [1.165, 1.54) is 6.20 Å². The second-order valence-electron chi connectivity index (χ2n) is 12.5. The third kappa shape index (κ3) is 4.49. The minimum absolute atomic E-state index is 0.0426. The summed E-state index contributed by atoms with van der Waals surface area (Å²) >= 11 is 0. The Bertz CT molecular complexity index is 1990. The first-order valence-corrected chi connectivity index (χ1v) is 15.3. The average molecular weight is 617 g/mol. The van der Waals surface area contributed by atoms with Crippen molar-refractivity contribution in [1.29, 1.82) is 0 Å². The molecule has 232 valence electrons. The molecular formula is C34H33F3N6O2. The molecule has 0 amide bonds. The maximum absolute atomic E-state index is 17.0. The largest absolute Gasteiger partial charge is 0.461 e. The molecule has 4 fully saturated rings. The fraction of sp³-hybridized carbons (Fsp3) is 0.441. The number of anilines is 2. The third-order valence-electron chi connectivity index (χ3n) is 9.78. The number of benzene rings is 2. The molecule has 45 heavy (non-hydrogen) atoms. The molecule has 4 aliphatic rings. The van der Waals surface area contributed by atoms with Gasteiger partial charge in [-0.25, -0.2) is 13.2 Å². The van der Waals surface area contributed by atoms with Crippen LogP contribution in [0.1, 0.15) is 33.1 Å². The van der Waals surface area contributed by atoms with Gasteiger partial charge >= 0.3 is 6.01 Å². The number of nitrogens with two attached hydrogens (primary N) is 1. The van der Waals surface area contributed by atoms with Gasteiger partial charge in [0.15, 0.2) is 5.82 Å². The number of rotatable bonds is 5. The standard InChI is InChI=1S/C34H33F3N6O2/c1-3-22-18(2)5-6-19-11-21(38)12-23(26(19)22)29-28(37)30-24(14-39-29)32(43-9-10-44-16-25-27(36)31(25)43)41-33(40-30)45-17-34-7-4-8-42(34)15-20(35)13-34/h1,5-6,11-12,14,20,25,27,31H,4,7-10,13,15-17,38H2,2H3/t20-,25+,27+,31+,34+/m1/s1/i17D2. The maximum atomic E-state index is 17.0. The van der Waals surface area contributed by atoms with E-state index in [4.69, 9.17) is 24.4 Å². The lowest BCUT2D eigenvalue weighted by molar-refractivity contribution is 0.107. The molecule has 8 nitrogen and oxygen atoms in total. The molecule has 1 saturated carbocycles. The number of pyridine rings is 1. The minimum atomic E-state index is -2.42. The highest BCUT2D eigenvalue weighted by Crippen LogP contribution is 2.46. The number of aromatic nitrogens is 3. The number of hydrogen-bond donors (Lipinski definition) is 1. The van der Waals surface area contributed by atoms with Gasteiger partial charge in [0.25, 0.3) is 0 Å². The van der Waals surface area contributed by atoms with Crippen LogP contribution in [0.4, 0.5) is 24.7 Å². The van der Waals surface area contributed by atoms with Gasteiger partial charge < -0.3 is 20.1 Å². The molecule has 1 aliphatic carbocycles. The van der Waals surface area contributed by atoms with Crippen LogP contribution in [-0.2, 0) is 4.74 Å². The summed E-state index contributed by atoms with van der Waals surface area (Å²) in [4.78, 5) is 17.0. The number of hydrogen-bond acceptors (Lipinski definition) is 8. The second kappa shape index (κ2) is 10.5. The van der Waals surface area contributed by atoms with Crippen molar-refractivity contribution in [2.75, 3.05) is 50.0 Å². The Morgan fingerprint density at radius 2 is 2.13 bits per heavy atom. The summed E-state index contributed by atoms with van der Waals surface area (Å²) in [5, 5.41) is 1.51. The predicted molar refractivity (Wildman–Crippen MR) is 166 cm³/mol. The summed E-state index contributed by atoms with van der Waals surface area (Å²) in [5.74, 6) is 1.67. The van der Waals surface area contributed by atoms with Gasteiger partial charge in [0.05, 0.1) is 32.9 Å². The van der Waals surface area contributed by atoms with Crippen molar-refractivity contribution < 1.29 is 25.4 Å². The quantitative estimate of drug-likeness (QED) is 0.248. The lowest BCUT2D eigenvalue weighted by atomic mass is 9.93. The summed E-state index contributed by atoms with van der Waals surface area (Å²) in [7, 11) is 0. The Balaban J connectivity index is 1.32. The van der Waals surface area contributed by atoms with Crippen molar-refractivity contribution in [3.05, 3.63) is 47.4 Å². The number of alkyl halides is 2. The highest BCUT2D eigenvalue weighted by Gasteiger charge is 2.56. The molecule has 11 heteroatoms. The number of halogens is 3. The molecule has 2 aromatic heterocycles. The Hall–Kier alpha value is -4.14. The molecular weight excluding hydrogens is 581 g/mol. The fourth-order valence-electron chi connectivity index (χ4n) is 7.53. The van der Waals surface area contributed by atoms with Gasteiger partial charge in [0, 0.05) is 53.8 Å². The normalized spacial score (nSPS) is 28.7. The van der Waals surface area contributed by atoms with Crippen molar-refractivity contribution in [2.24, 2.45) is 5.92 Å². The highest BCUT2D eigenvalue weighted by atomic mass is 19.1. The Kier molecular flexibility index (Phi) is 6.07. The number of terminal acetylenes is 1. The summed E-state index contributed by atoms with van der Waals surface area (Å²) in [6, 6.07) is 6.09. The van der Waals surface area contributed by atoms with Gasteiger partial charge in [-0.15, -0.1) is 6.42 Å². The van der Waals surface area contributed by atoms with Crippen molar-refractivity contribution in [1.82, 2.24) is 19.9 Å². The van der Waals surface area contributed by atoms with Gasteiger partial charge in [-0.1, -0.05) is 18.1 Å². The van der Waals surface area contributed by atoms with E-state index in [0.717, 1.165) is 5.56 Å². The van der Waals surface area contributed by atoms with Crippen LogP contribution < -0.4 is 15.4 Å². The smallest absolute Gasteiger partial charge is 0.319 e. The van der Waals surface area contributed by atoms with Crippen molar-refractivity contribution >= 4 is 33.2 Å². The van der Waals surface area contributed by atoms with E-state index in [1.807, 2.05) is 19.1 Å². The van der Waals surface area contributed by atoms with Crippen LogP contribution in [0.3, 0.4) is 0 Å². The maximum Gasteiger partial charge on any atom is 0.319 e. The molecule has 5 atom stereocenters. The number of ether oxygens (including phenoxy) is 2. The van der Waals surface area contributed by atoms with E-state index in [-0.39, 0.29) is 61.1 Å². The molecule has 3 saturated heterocycles. The van der Waals surface area contributed by atoms with Crippen LogP contribution in [0.25, 0.3) is 32.9 Å². The Morgan fingerprint density at radius 1 is 1.27 bits per heavy atom. The third-order valence-corrected chi connectivity index (χ3v) is 9.78. The molecule has 2 N–H and O–H groups in total. The Labute approximate surface area is 261 Å². The molecule has 3 aliphatic heterocycles. The van der Waals surface area contributed by atoms with Gasteiger partial charge in [-0.05, 0) is 49.4 Å². The van der Waals surface area contributed by atoms with Crippen molar-refractivity contribution in [2.45, 2.75) is 50.1 Å². The van der Waals surface area contributed by atoms with E-state index in [9.17, 15) is 8.78 Å². The summed E-state index contributed by atoms with van der Waals surface area (Å²) < 4.78 is 76.3. The summed E-state index contributed by atoms with van der Waals surface area (Å²) in [6.07, 6.45) is 5.99. The molecule has 0 spiro atoms. The Morgan fingerprint density at radius 3 is 2.98 bits per heavy atom. The highest BCUT2D eigenvalue weighted by molar-refractivity contribution is 6.04. The molecule has 2 aromatic carbocycles. The van der Waals surface area contributed by atoms with Gasteiger partial charge in [-0.3, -0.25) is 9.88 Å². The zero-order valence-corrected chi connectivity index (χ0v) is 24.7. The monoisotopic (exact) mass is 616 g/mol. The number of aryl methyl sites for hydroxylation is 1. The first-order chi connectivity index (χ1) is 22.5. The summed E-state index contributed by atoms with van der Waals surface area (Å²) in [5.41, 5.74) is 6.90. The van der Waals surface area contributed by atoms with Crippen LogP contribution in [-0.4, -0.2) is 83.2 Å². The van der Waals surface area contributed by atoms with E-state index in [0.29, 0.717) is 47.0 Å². The van der Waals surface area contributed by atoms with Crippen molar-refractivity contribution in [3.8, 4) is 29.6 Å². The molecule has 4 aromatic rings. The predicted octanol–water partition coefficient (Wildman–Crippen LogP) is 4.98. The first kappa shape index (κ1) is 26.1. The summed E-state index contributed by atoms with van der Waals surface area (Å²) in [6.45, 7) is 0.889. The van der Waals surface area contributed by atoms with Crippen LogP contribution in [0.5, 0.6) is 6.01 Å². The number of nitrogen functional groups attached to an aromatic ring is 1. The molecule has 8 rings (SSSR count). The SMILES string of the molecule is [2H]C([2H])(Oc1nc(N2CCOC[C@H]3[C@H](F)[C@H]32)c2cnc(-c3cc(N)cc4ccc(C)c(C#C)c34)c(F)c2n1)[C@@]12CCCN1C[C@H](F)C2. The van der Waals surface area contributed by atoms with Crippen LogP contribution in [0.15, 0.2) is 30.5 Å². The zero-order chi connectivity index (χ0) is 32.8. The fourth-order valence-corrected chi connectivity index (χ4v) is 7.53. The van der Waals surface area contributed by atoms with E-state index in [1.54, 1.807) is 21.9 Å². The number of nitrogens with zero attached hydrogens (tertiary/aromatic N) is 5. The lowest BCUT2D eigenvalue weighted by Gasteiger charge is -2.31. The first-order valence-electron chi connectivity index (χ1n) is 16.3. The molecule has 5 heterocycles. The molecule has 0 radical (unpaired) electrons. The van der Waals surface area contributed by atoms with E-state index >= 15 is 4.39 Å². The second-order valence-corrected chi connectivity index (χ2v) is 12.5. The van der Waals surface area contributed by atoms with Gasteiger partial charge in [-0.2, -0.15) is 9.97 Å². The van der Waals surface area contributed by atoms with Crippen LogP contribution in [0, 0.1) is 31.0 Å². The van der Waals surface area contributed by atoms with Gasteiger partial charge in [0.2, 0.25) is 0 Å². The van der Waals surface area contributed by atoms with Crippen LogP contribution in [0.2, 0.25) is 0 Å². The van der Waals surface area contributed by atoms with Gasteiger partial charge in [0.1, 0.15) is 35.9 Å².